The molecule has 0 aliphatic carbocycles. The normalized spacial score (nSPS) is 21.3. The van der Waals surface area contributed by atoms with Gasteiger partial charge in [-0.15, -0.1) is 0 Å². The fraction of sp³-hybridized carbons (Fsp3) is 0.600. The Morgan fingerprint density at radius 2 is 2.11 bits per heavy atom. The molecular weight excluding hydrogens is 246 g/mol. The first-order chi connectivity index (χ1) is 8.93. The van der Waals surface area contributed by atoms with Crippen LogP contribution < -0.4 is 5.73 Å². The molecule has 0 amide bonds. The molecule has 0 bridgehead atoms. The molecule has 1 aromatic rings. The maximum atomic E-state index is 13.9. The van der Waals surface area contributed by atoms with E-state index in [0.717, 1.165) is 32.0 Å². The number of nitrogens with zero attached hydrogens (tertiary/aromatic N) is 1. The Bertz CT molecular complexity index is 446. The second kappa shape index (κ2) is 5.55. The van der Waals surface area contributed by atoms with Gasteiger partial charge in [0.2, 0.25) is 0 Å². The molecular formula is C15H22F2N2. The molecule has 1 aromatic carbocycles. The average molecular weight is 268 g/mol. The minimum absolute atomic E-state index is 0.204. The van der Waals surface area contributed by atoms with Gasteiger partial charge in [0, 0.05) is 18.7 Å². The van der Waals surface area contributed by atoms with Gasteiger partial charge >= 0.3 is 0 Å². The third-order valence-corrected chi connectivity index (χ3v) is 3.91. The lowest BCUT2D eigenvalue weighted by atomic mass is 9.83. The van der Waals surface area contributed by atoms with Gasteiger partial charge in [0.1, 0.15) is 11.6 Å². The summed E-state index contributed by atoms with van der Waals surface area (Å²) in [6.45, 7) is 6.46. The zero-order valence-corrected chi connectivity index (χ0v) is 11.6. The van der Waals surface area contributed by atoms with Crippen LogP contribution in [0.25, 0.3) is 0 Å². The lowest BCUT2D eigenvalue weighted by molar-refractivity contribution is 0.0791. The Labute approximate surface area is 113 Å². The van der Waals surface area contributed by atoms with E-state index in [2.05, 4.69) is 18.7 Å². The Morgan fingerprint density at radius 3 is 2.74 bits per heavy atom. The molecule has 1 aliphatic rings. The zero-order valence-electron chi connectivity index (χ0n) is 11.6. The molecule has 1 saturated heterocycles. The topological polar surface area (TPSA) is 29.3 Å². The largest absolute Gasteiger partial charge is 0.329 e. The van der Waals surface area contributed by atoms with Gasteiger partial charge in [-0.05, 0) is 43.0 Å². The second-order valence-electron chi connectivity index (χ2n) is 6.16. The second-order valence-corrected chi connectivity index (χ2v) is 6.16. The summed E-state index contributed by atoms with van der Waals surface area (Å²) in [5, 5.41) is 0. The maximum Gasteiger partial charge on any atom is 0.128 e. The van der Waals surface area contributed by atoms with Gasteiger partial charge in [0.15, 0.2) is 0 Å². The molecule has 0 spiro atoms. The number of hydrogen-bond donors (Lipinski definition) is 1. The number of hydrogen-bond acceptors (Lipinski definition) is 2. The van der Waals surface area contributed by atoms with Crippen LogP contribution in [0, 0.1) is 17.0 Å². The number of nitrogens with two attached hydrogens (primary N) is 1. The minimum Gasteiger partial charge on any atom is -0.329 e. The van der Waals surface area contributed by atoms with Crippen LogP contribution in [0.5, 0.6) is 0 Å². The van der Waals surface area contributed by atoms with Gasteiger partial charge < -0.3 is 5.73 Å². The van der Waals surface area contributed by atoms with Crippen molar-refractivity contribution in [3.8, 4) is 0 Å². The van der Waals surface area contributed by atoms with Gasteiger partial charge in [-0.3, -0.25) is 4.90 Å². The number of likely N-dealkylation sites (tertiary alicyclic amines) is 1. The first kappa shape index (κ1) is 14.4. The lowest BCUT2D eigenvalue weighted by Crippen LogP contribution is -2.44. The standard InChI is InChI=1S/C15H22F2N2/c1-15(2)6-3-7-19(10-15)14(9-18)12-8-11(16)4-5-13(12)17/h4-5,8,14H,3,6-7,9-10,18H2,1-2H3. The zero-order chi connectivity index (χ0) is 14.0. The van der Waals surface area contributed by atoms with Crippen LogP contribution in [0.2, 0.25) is 0 Å². The van der Waals surface area contributed by atoms with Crippen molar-refractivity contribution in [2.45, 2.75) is 32.7 Å². The van der Waals surface area contributed by atoms with Crippen molar-refractivity contribution in [3.05, 3.63) is 35.4 Å². The van der Waals surface area contributed by atoms with Crippen molar-refractivity contribution >= 4 is 0 Å². The molecule has 1 unspecified atom stereocenters. The minimum atomic E-state index is -0.411. The summed E-state index contributed by atoms with van der Waals surface area (Å²) < 4.78 is 27.2. The van der Waals surface area contributed by atoms with Gasteiger partial charge in [-0.25, -0.2) is 8.78 Å². The molecule has 106 valence electrons. The molecule has 19 heavy (non-hydrogen) atoms. The van der Waals surface area contributed by atoms with E-state index < -0.39 is 5.82 Å². The van der Waals surface area contributed by atoms with Crippen LogP contribution in [0.4, 0.5) is 8.78 Å². The monoisotopic (exact) mass is 268 g/mol. The molecule has 1 atom stereocenters. The molecule has 1 heterocycles. The lowest BCUT2D eigenvalue weighted by Gasteiger charge is -2.42. The SMILES string of the molecule is CC1(C)CCCN(C(CN)c2cc(F)ccc2F)C1. The highest BCUT2D eigenvalue weighted by Gasteiger charge is 2.31. The van der Waals surface area contributed by atoms with E-state index in [1.165, 1.54) is 12.1 Å². The summed E-state index contributed by atoms with van der Waals surface area (Å²) in [7, 11) is 0. The maximum absolute atomic E-state index is 13.9. The number of piperidine rings is 1. The summed E-state index contributed by atoms with van der Waals surface area (Å²) in [5.41, 5.74) is 6.39. The molecule has 0 saturated carbocycles. The summed E-state index contributed by atoms with van der Waals surface area (Å²) >= 11 is 0. The highest BCUT2D eigenvalue weighted by Crippen LogP contribution is 2.34. The molecule has 2 nitrogen and oxygen atoms in total. The molecule has 2 rings (SSSR count). The Hall–Kier alpha value is -1.00. The Balaban J connectivity index is 2.26. The van der Waals surface area contributed by atoms with E-state index in [-0.39, 0.29) is 17.3 Å². The van der Waals surface area contributed by atoms with Crippen molar-refractivity contribution in [1.82, 2.24) is 4.90 Å². The fourth-order valence-electron chi connectivity index (χ4n) is 2.98. The summed E-state index contributed by atoms with van der Waals surface area (Å²) in [5.74, 6) is -0.786. The summed E-state index contributed by atoms with van der Waals surface area (Å²) in [4.78, 5) is 2.18. The highest BCUT2D eigenvalue weighted by molar-refractivity contribution is 5.23. The molecule has 1 aliphatic heterocycles. The summed E-state index contributed by atoms with van der Waals surface area (Å²) in [6, 6.07) is 3.36. The molecule has 0 radical (unpaired) electrons. The van der Waals surface area contributed by atoms with Crippen molar-refractivity contribution in [1.29, 1.82) is 0 Å². The molecule has 0 aromatic heterocycles. The van der Waals surface area contributed by atoms with E-state index in [4.69, 9.17) is 5.73 Å². The van der Waals surface area contributed by atoms with Crippen molar-refractivity contribution in [2.75, 3.05) is 19.6 Å². The quantitative estimate of drug-likeness (QED) is 0.912. The van der Waals surface area contributed by atoms with Crippen molar-refractivity contribution in [2.24, 2.45) is 11.1 Å². The predicted molar refractivity (Wildman–Crippen MR) is 72.7 cm³/mol. The van der Waals surface area contributed by atoms with E-state index >= 15 is 0 Å². The van der Waals surface area contributed by atoms with Gasteiger partial charge in [0.05, 0.1) is 6.04 Å². The molecule has 4 heteroatoms. The van der Waals surface area contributed by atoms with E-state index in [9.17, 15) is 8.78 Å². The van der Waals surface area contributed by atoms with Crippen LogP contribution in [-0.2, 0) is 0 Å². The third-order valence-electron chi connectivity index (χ3n) is 3.91. The highest BCUT2D eigenvalue weighted by atomic mass is 19.1. The van der Waals surface area contributed by atoms with E-state index in [0.29, 0.717) is 12.1 Å². The molecule has 1 fully saturated rings. The fourth-order valence-corrected chi connectivity index (χ4v) is 2.98. The van der Waals surface area contributed by atoms with Crippen LogP contribution in [0.15, 0.2) is 18.2 Å². The number of halogens is 2. The van der Waals surface area contributed by atoms with E-state index in [1.54, 1.807) is 0 Å². The smallest absolute Gasteiger partial charge is 0.128 e. The van der Waals surface area contributed by atoms with Crippen molar-refractivity contribution in [3.63, 3.8) is 0 Å². The Morgan fingerprint density at radius 1 is 1.37 bits per heavy atom. The van der Waals surface area contributed by atoms with Gasteiger partial charge in [0.25, 0.3) is 0 Å². The van der Waals surface area contributed by atoms with Crippen molar-refractivity contribution < 1.29 is 8.78 Å². The van der Waals surface area contributed by atoms with Gasteiger partial charge in [-0.1, -0.05) is 13.8 Å². The predicted octanol–water partition coefficient (Wildman–Crippen LogP) is 3.09. The van der Waals surface area contributed by atoms with E-state index in [1.807, 2.05) is 0 Å². The average Bonchev–Trinajstić information content (AvgIpc) is 2.33. The number of benzene rings is 1. The third kappa shape index (κ3) is 3.31. The van der Waals surface area contributed by atoms with Crippen LogP contribution in [0.3, 0.4) is 0 Å². The summed E-state index contributed by atoms with van der Waals surface area (Å²) in [6.07, 6.45) is 2.23. The van der Waals surface area contributed by atoms with Crippen LogP contribution in [-0.4, -0.2) is 24.5 Å². The van der Waals surface area contributed by atoms with Crippen LogP contribution in [0.1, 0.15) is 38.3 Å². The Kier molecular flexibility index (Phi) is 4.21. The first-order valence-corrected chi connectivity index (χ1v) is 6.82. The van der Waals surface area contributed by atoms with Gasteiger partial charge in [-0.2, -0.15) is 0 Å². The first-order valence-electron chi connectivity index (χ1n) is 6.82. The number of rotatable bonds is 3. The molecule has 2 N–H and O–H groups in total. The van der Waals surface area contributed by atoms with Crippen LogP contribution >= 0.6 is 0 Å².